The van der Waals surface area contributed by atoms with Gasteiger partial charge in [-0.15, -0.1) is 0 Å². The van der Waals surface area contributed by atoms with E-state index in [9.17, 15) is 14.8 Å². The standard InChI is InChI=1S/C16H16N2O5/c1-11(23-16(20)14-5-3-4-10-18(14)21)15(19)17-12-6-8-13(22-2)9-7-12/h3-11H,1-2H3,(H,17,19)/t11-/m1/s1. The van der Waals surface area contributed by atoms with Gasteiger partial charge in [-0.3, -0.25) is 4.79 Å². The van der Waals surface area contributed by atoms with Crippen molar-refractivity contribution < 1.29 is 23.8 Å². The molecule has 0 spiro atoms. The SMILES string of the molecule is COc1ccc(NC(=O)[C@@H](C)OC(=O)c2cccc[n+]2[O-])cc1. The van der Waals surface area contributed by atoms with Crippen LogP contribution in [-0.2, 0) is 9.53 Å². The highest BCUT2D eigenvalue weighted by molar-refractivity contribution is 5.96. The third-order valence-corrected chi connectivity index (χ3v) is 3.04. The van der Waals surface area contributed by atoms with E-state index in [-0.39, 0.29) is 5.69 Å². The van der Waals surface area contributed by atoms with Crippen molar-refractivity contribution in [2.75, 3.05) is 12.4 Å². The van der Waals surface area contributed by atoms with Gasteiger partial charge in [-0.2, -0.15) is 4.73 Å². The molecule has 0 aliphatic heterocycles. The summed E-state index contributed by atoms with van der Waals surface area (Å²) in [4.78, 5) is 23.9. The van der Waals surface area contributed by atoms with Gasteiger partial charge in [0.1, 0.15) is 5.75 Å². The van der Waals surface area contributed by atoms with Crippen LogP contribution in [0.3, 0.4) is 0 Å². The van der Waals surface area contributed by atoms with Crippen LogP contribution in [0.2, 0.25) is 0 Å². The Morgan fingerprint density at radius 3 is 2.48 bits per heavy atom. The number of rotatable bonds is 5. The van der Waals surface area contributed by atoms with E-state index in [0.29, 0.717) is 16.2 Å². The molecule has 1 heterocycles. The molecule has 0 bridgehead atoms. The number of benzene rings is 1. The quantitative estimate of drug-likeness (QED) is 0.513. The van der Waals surface area contributed by atoms with Crippen LogP contribution in [0.1, 0.15) is 17.4 Å². The molecule has 7 heteroatoms. The number of methoxy groups -OCH3 is 1. The predicted octanol–water partition coefficient (Wildman–Crippen LogP) is 1.51. The molecule has 1 amide bonds. The number of esters is 1. The van der Waals surface area contributed by atoms with E-state index in [2.05, 4.69) is 5.32 Å². The van der Waals surface area contributed by atoms with Crippen LogP contribution in [0.25, 0.3) is 0 Å². The van der Waals surface area contributed by atoms with E-state index in [1.165, 1.54) is 31.3 Å². The lowest BCUT2D eigenvalue weighted by atomic mass is 10.3. The number of hydrogen-bond donors (Lipinski definition) is 1. The molecule has 7 nitrogen and oxygen atoms in total. The van der Waals surface area contributed by atoms with Gasteiger partial charge in [0.05, 0.1) is 7.11 Å². The molecule has 0 saturated carbocycles. The molecule has 1 aromatic carbocycles. The molecular formula is C16H16N2O5. The Balaban J connectivity index is 1.96. The minimum absolute atomic E-state index is 0.184. The molecule has 0 unspecified atom stereocenters. The van der Waals surface area contributed by atoms with Crippen LogP contribution in [0.4, 0.5) is 5.69 Å². The summed E-state index contributed by atoms with van der Waals surface area (Å²) in [6, 6.07) is 11.1. The van der Waals surface area contributed by atoms with Crippen molar-refractivity contribution in [3.63, 3.8) is 0 Å². The maximum Gasteiger partial charge on any atom is 0.405 e. The van der Waals surface area contributed by atoms with Crippen molar-refractivity contribution in [3.05, 3.63) is 59.6 Å². The topological polar surface area (TPSA) is 91.6 Å². The fourth-order valence-electron chi connectivity index (χ4n) is 1.78. The summed E-state index contributed by atoms with van der Waals surface area (Å²) < 4.78 is 10.4. The molecule has 23 heavy (non-hydrogen) atoms. The number of ether oxygens (including phenoxy) is 2. The first-order chi connectivity index (χ1) is 11.0. The summed E-state index contributed by atoms with van der Waals surface area (Å²) in [6.07, 6.45) is 0.128. The molecular weight excluding hydrogens is 300 g/mol. The van der Waals surface area contributed by atoms with Gasteiger partial charge in [0.2, 0.25) is 0 Å². The smallest absolute Gasteiger partial charge is 0.405 e. The second-order valence-electron chi connectivity index (χ2n) is 4.68. The van der Waals surface area contributed by atoms with Gasteiger partial charge in [-0.25, -0.2) is 4.79 Å². The predicted molar refractivity (Wildman–Crippen MR) is 81.9 cm³/mol. The third-order valence-electron chi connectivity index (χ3n) is 3.04. The Bertz CT molecular complexity index is 700. The summed E-state index contributed by atoms with van der Waals surface area (Å²) >= 11 is 0. The number of carbonyl (C=O) groups is 2. The highest BCUT2D eigenvalue weighted by Gasteiger charge is 2.23. The number of amides is 1. The minimum atomic E-state index is -1.05. The molecule has 1 aromatic heterocycles. The van der Waals surface area contributed by atoms with Crippen molar-refractivity contribution in [3.8, 4) is 5.75 Å². The van der Waals surface area contributed by atoms with E-state index in [1.807, 2.05) is 0 Å². The number of pyridine rings is 1. The Kier molecular flexibility index (Phi) is 5.14. The second kappa shape index (κ2) is 7.26. The molecule has 2 rings (SSSR count). The van der Waals surface area contributed by atoms with E-state index >= 15 is 0 Å². The highest BCUT2D eigenvalue weighted by atomic mass is 16.6. The van der Waals surface area contributed by atoms with Crippen LogP contribution >= 0.6 is 0 Å². The molecule has 1 atom stereocenters. The zero-order valence-electron chi connectivity index (χ0n) is 12.7. The zero-order valence-corrected chi connectivity index (χ0v) is 12.7. The van der Waals surface area contributed by atoms with Crippen molar-refractivity contribution in [2.24, 2.45) is 0 Å². The van der Waals surface area contributed by atoms with Crippen LogP contribution in [0, 0.1) is 5.21 Å². The van der Waals surface area contributed by atoms with Crippen LogP contribution in [0.5, 0.6) is 5.75 Å². The first-order valence-corrected chi connectivity index (χ1v) is 6.85. The lowest BCUT2D eigenvalue weighted by molar-refractivity contribution is -0.608. The first-order valence-electron chi connectivity index (χ1n) is 6.85. The zero-order chi connectivity index (χ0) is 16.8. The van der Waals surface area contributed by atoms with Crippen LogP contribution in [0.15, 0.2) is 48.7 Å². The van der Waals surface area contributed by atoms with Gasteiger partial charge < -0.3 is 20.0 Å². The van der Waals surface area contributed by atoms with Crippen molar-refractivity contribution in [1.82, 2.24) is 0 Å². The van der Waals surface area contributed by atoms with Crippen LogP contribution in [-0.4, -0.2) is 25.1 Å². The Hall–Kier alpha value is -3.09. The molecule has 0 aliphatic carbocycles. The van der Waals surface area contributed by atoms with E-state index in [1.54, 1.807) is 31.4 Å². The summed E-state index contributed by atoms with van der Waals surface area (Å²) in [7, 11) is 1.54. The molecule has 1 N–H and O–H groups in total. The second-order valence-corrected chi connectivity index (χ2v) is 4.68. The fraction of sp³-hybridized carbons (Fsp3) is 0.188. The van der Waals surface area contributed by atoms with Gasteiger partial charge in [-0.05, 0) is 37.3 Å². The Morgan fingerprint density at radius 1 is 1.17 bits per heavy atom. The largest absolute Gasteiger partial charge is 0.618 e. The van der Waals surface area contributed by atoms with Crippen molar-refractivity contribution >= 4 is 17.6 Å². The molecule has 2 aromatic rings. The summed E-state index contributed by atoms with van der Waals surface area (Å²) in [5.74, 6) is -0.707. The molecule has 0 saturated heterocycles. The van der Waals surface area contributed by atoms with E-state index < -0.39 is 18.0 Å². The molecule has 0 fully saturated rings. The van der Waals surface area contributed by atoms with Crippen molar-refractivity contribution in [2.45, 2.75) is 13.0 Å². The number of nitrogens with one attached hydrogen (secondary N) is 1. The number of anilines is 1. The summed E-state index contributed by atoms with van der Waals surface area (Å²) in [5, 5.41) is 14.1. The van der Waals surface area contributed by atoms with E-state index in [4.69, 9.17) is 9.47 Å². The Labute approximate surface area is 133 Å². The number of hydrogen-bond acceptors (Lipinski definition) is 5. The summed E-state index contributed by atoms with van der Waals surface area (Å²) in [5.41, 5.74) is 0.355. The van der Waals surface area contributed by atoms with Gasteiger partial charge in [0.15, 0.2) is 12.3 Å². The lowest BCUT2D eigenvalue weighted by Gasteiger charge is -2.13. The average molecular weight is 316 g/mol. The Morgan fingerprint density at radius 2 is 1.87 bits per heavy atom. The molecule has 120 valence electrons. The van der Waals surface area contributed by atoms with Gasteiger partial charge in [0, 0.05) is 17.8 Å². The number of nitrogens with zero attached hydrogens (tertiary/aromatic N) is 1. The maximum atomic E-state index is 12.0. The minimum Gasteiger partial charge on any atom is -0.618 e. The normalized spacial score (nSPS) is 11.4. The molecule has 0 aliphatic rings. The van der Waals surface area contributed by atoms with E-state index in [0.717, 1.165) is 0 Å². The maximum absolute atomic E-state index is 12.0. The van der Waals surface area contributed by atoms with Crippen LogP contribution < -0.4 is 14.8 Å². The highest BCUT2D eigenvalue weighted by Crippen LogP contribution is 2.15. The summed E-state index contributed by atoms with van der Waals surface area (Å²) in [6.45, 7) is 1.43. The van der Waals surface area contributed by atoms with Crippen molar-refractivity contribution in [1.29, 1.82) is 0 Å². The fourth-order valence-corrected chi connectivity index (χ4v) is 1.78. The number of aromatic nitrogens is 1. The first kappa shape index (κ1) is 16.3. The van der Waals surface area contributed by atoms with Gasteiger partial charge >= 0.3 is 11.7 Å². The monoisotopic (exact) mass is 316 g/mol. The number of carbonyl (C=O) groups excluding carboxylic acids is 2. The van der Waals surface area contributed by atoms with Gasteiger partial charge in [0.25, 0.3) is 5.91 Å². The van der Waals surface area contributed by atoms with Gasteiger partial charge in [-0.1, -0.05) is 0 Å². The average Bonchev–Trinajstić information content (AvgIpc) is 2.55. The molecule has 0 radical (unpaired) electrons. The lowest BCUT2D eigenvalue weighted by Crippen LogP contribution is -2.37. The third kappa shape index (κ3) is 4.19.